The van der Waals surface area contributed by atoms with E-state index in [0.29, 0.717) is 23.1 Å². The predicted molar refractivity (Wildman–Crippen MR) is 81.4 cm³/mol. The van der Waals surface area contributed by atoms with Gasteiger partial charge in [-0.3, -0.25) is 0 Å². The maximum Gasteiger partial charge on any atom is 0.119 e. The molecule has 1 atom stereocenters. The molecule has 4 heteroatoms. The average molecular weight is 306 g/mol. The lowest BCUT2D eigenvalue weighted by atomic mass is 9.98. The van der Waals surface area contributed by atoms with Crippen LogP contribution in [0.4, 0.5) is 0 Å². The molecule has 0 aliphatic carbocycles. The van der Waals surface area contributed by atoms with Crippen molar-refractivity contribution in [2.75, 3.05) is 6.61 Å². The van der Waals surface area contributed by atoms with Crippen LogP contribution >= 0.6 is 23.2 Å². The molecule has 0 heterocycles. The fourth-order valence-corrected chi connectivity index (χ4v) is 2.18. The van der Waals surface area contributed by atoms with Gasteiger partial charge in [-0.1, -0.05) is 35.3 Å². The summed E-state index contributed by atoms with van der Waals surface area (Å²) in [6, 6.07) is 16.8. The molecule has 0 spiro atoms. The minimum atomic E-state index is -0.221. The Morgan fingerprint density at radius 2 is 1.80 bits per heavy atom. The number of nitriles is 1. The van der Waals surface area contributed by atoms with Crippen molar-refractivity contribution in [1.82, 2.24) is 0 Å². The maximum absolute atomic E-state index is 9.24. The minimum absolute atomic E-state index is 0.221. The third kappa shape index (κ3) is 4.16. The van der Waals surface area contributed by atoms with Crippen molar-refractivity contribution in [3.63, 3.8) is 0 Å². The molecule has 0 aliphatic heterocycles. The second-order valence-corrected chi connectivity index (χ2v) is 5.20. The van der Waals surface area contributed by atoms with E-state index in [2.05, 4.69) is 6.07 Å². The Labute approximate surface area is 128 Å². The van der Waals surface area contributed by atoms with Gasteiger partial charge < -0.3 is 4.74 Å². The molecule has 0 saturated heterocycles. The highest BCUT2D eigenvalue weighted by Crippen LogP contribution is 2.23. The molecule has 102 valence electrons. The molecule has 2 aromatic rings. The molecule has 0 aromatic heterocycles. The van der Waals surface area contributed by atoms with Crippen molar-refractivity contribution in [2.45, 2.75) is 12.3 Å². The van der Waals surface area contributed by atoms with Crippen molar-refractivity contribution >= 4 is 23.2 Å². The molecule has 0 amide bonds. The number of ether oxygens (including phenoxy) is 1. The van der Waals surface area contributed by atoms with Gasteiger partial charge in [0.15, 0.2) is 0 Å². The van der Waals surface area contributed by atoms with Gasteiger partial charge in [0, 0.05) is 16.5 Å². The smallest absolute Gasteiger partial charge is 0.119 e. The fraction of sp³-hybridized carbons (Fsp3) is 0.188. The Balaban J connectivity index is 1.92. The predicted octanol–water partition coefficient (Wildman–Crippen LogP) is 5.07. The van der Waals surface area contributed by atoms with Crippen LogP contribution in [0.25, 0.3) is 0 Å². The molecule has 0 bridgehead atoms. The van der Waals surface area contributed by atoms with Gasteiger partial charge in [-0.15, -0.1) is 0 Å². The summed E-state index contributed by atoms with van der Waals surface area (Å²) in [7, 11) is 0. The molecule has 0 radical (unpaired) electrons. The molecule has 1 unspecified atom stereocenters. The van der Waals surface area contributed by atoms with Crippen LogP contribution < -0.4 is 4.74 Å². The van der Waals surface area contributed by atoms with Crippen molar-refractivity contribution in [2.24, 2.45) is 0 Å². The first-order valence-corrected chi connectivity index (χ1v) is 6.98. The van der Waals surface area contributed by atoms with E-state index >= 15 is 0 Å². The summed E-state index contributed by atoms with van der Waals surface area (Å²) >= 11 is 11.7. The van der Waals surface area contributed by atoms with Gasteiger partial charge in [-0.25, -0.2) is 0 Å². The highest BCUT2D eigenvalue weighted by Gasteiger charge is 2.11. The second kappa shape index (κ2) is 7.19. The summed E-state index contributed by atoms with van der Waals surface area (Å²) in [5, 5.41) is 10.6. The largest absolute Gasteiger partial charge is 0.494 e. The van der Waals surface area contributed by atoms with Gasteiger partial charge in [-0.2, -0.15) is 5.26 Å². The number of hydrogen-bond acceptors (Lipinski definition) is 2. The normalized spacial score (nSPS) is 11.7. The highest BCUT2D eigenvalue weighted by atomic mass is 35.5. The van der Waals surface area contributed by atoms with E-state index < -0.39 is 0 Å². The molecule has 0 fully saturated rings. The van der Waals surface area contributed by atoms with Gasteiger partial charge in [0.2, 0.25) is 0 Å². The zero-order valence-corrected chi connectivity index (χ0v) is 12.2. The first-order valence-electron chi connectivity index (χ1n) is 6.22. The molecular formula is C16H13Cl2NO. The summed E-state index contributed by atoms with van der Waals surface area (Å²) in [6.07, 6.45) is 0.611. The van der Waals surface area contributed by atoms with Crippen LogP contribution in [0.5, 0.6) is 5.75 Å². The van der Waals surface area contributed by atoms with Crippen molar-refractivity contribution in [3.05, 3.63) is 64.1 Å². The Kier molecular flexibility index (Phi) is 5.29. The molecule has 0 N–H and O–H groups in total. The van der Waals surface area contributed by atoms with Crippen LogP contribution in [0.2, 0.25) is 10.0 Å². The molecule has 0 aliphatic rings. The zero-order chi connectivity index (χ0) is 14.4. The molecule has 20 heavy (non-hydrogen) atoms. The minimum Gasteiger partial charge on any atom is -0.494 e. The Bertz CT molecular complexity index is 605. The molecular weight excluding hydrogens is 293 g/mol. The topological polar surface area (TPSA) is 33.0 Å². The molecule has 2 aromatic carbocycles. The summed E-state index contributed by atoms with van der Waals surface area (Å²) in [5.74, 6) is 0.526. The zero-order valence-electron chi connectivity index (χ0n) is 10.7. The summed E-state index contributed by atoms with van der Waals surface area (Å²) in [4.78, 5) is 0. The van der Waals surface area contributed by atoms with Crippen LogP contribution in [0, 0.1) is 11.3 Å². The third-order valence-corrected chi connectivity index (χ3v) is 3.38. The first-order chi connectivity index (χ1) is 9.69. The van der Waals surface area contributed by atoms with E-state index in [-0.39, 0.29) is 5.92 Å². The monoisotopic (exact) mass is 305 g/mol. The van der Waals surface area contributed by atoms with Crippen LogP contribution in [-0.4, -0.2) is 6.61 Å². The van der Waals surface area contributed by atoms with E-state index in [0.717, 1.165) is 11.3 Å². The van der Waals surface area contributed by atoms with Gasteiger partial charge in [0.05, 0.1) is 18.6 Å². The van der Waals surface area contributed by atoms with Gasteiger partial charge in [0.25, 0.3) is 0 Å². The summed E-state index contributed by atoms with van der Waals surface area (Å²) in [6.45, 7) is 0.465. The quantitative estimate of drug-likeness (QED) is 0.772. The lowest BCUT2D eigenvalue weighted by Crippen LogP contribution is -2.04. The maximum atomic E-state index is 9.24. The summed E-state index contributed by atoms with van der Waals surface area (Å²) in [5.41, 5.74) is 0.916. The van der Waals surface area contributed by atoms with E-state index in [1.54, 1.807) is 18.2 Å². The SMILES string of the molecule is N#CC(CCOc1ccc(Cl)cc1)c1cccc(Cl)c1. The Morgan fingerprint density at radius 3 is 2.45 bits per heavy atom. The van der Waals surface area contributed by atoms with E-state index in [4.69, 9.17) is 27.9 Å². The van der Waals surface area contributed by atoms with Crippen LogP contribution in [0.3, 0.4) is 0 Å². The Hall–Kier alpha value is -1.69. The molecule has 2 rings (SSSR count). The molecule has 0 saturated carbocycles. The lowest BCUT2D eigenvalue weighted by Gasteiger charge is -2.11. The average Bonchev–Trinajstić information content (AvgIpc) is 2.45. The second-order valence-electron chi connectivity index (χ2n) is 4.33. The van der Waals surface area contributed by atoms with E-state index in [1.807, 2.05) is 30.3 Å². The number of halogens is 2. The van der Waals surface area contributed by atoms with Crippen LogP contribution in [-0.2, 0) is 0 Å². The highest BCUT2D eigenvalue weighted by molar-refractivity contribution is 6.30. The Morgan fingerprint density at radius 1 is 1.05 bits per heavy atom. The van der Waals surface area contributed by atoms with Crippen LogP contribution in [0.15, 0.2) is 48.5 Å². The standard InChI is InChI=1S/C16H13Cl2NO/c17-14-4-6-16(7-5-14)20-9-8-13(11-19)12-2-1-3-15(18)10-12/h1-7,10,13H,8-9H2. The number of rotatable bonds is 5. The number of nitrogens with zero attached hydrogens (tertiary/aromatic N) is 1. The van der Waals surface area contributed by atoms with Gasteiger partial charge in [0.1, 0.15) is 5.75 Å². The van der Waals surface area contributed by atoms with E-state index in [1.165, 1.54) is 0 Å². The van der Waals surface area contributed by atoms with E-state index in [9.17, 15) is 5.26 Å². The number of hydrogen-bond donors (Lipinski definition) is 0. The van der Waals surface area contributed by atoms with Crippen molar-refractivity contribution in [1.29, 1.82) is 5.26 Å². The van der Waals surface area contributed by atoms with Crippen molar-refractivity contribution in [3.8, 4) is 11.8 Å². The van der Waals surface area contributed by atoms with Gasteiger partial charge >= 0.3 is 0 Å². The summed E-state index contributed by atoms with van der Waals surface area (Å²) < 4.78 is 5.60. The number of benzene rings is 2. The lowest BCUT2D eigenvalue weighted by molar-refractivity contribution is 0.306. The van der Waals surface area contributed by atoms with Crippen molar-refractivity contribution < 1.29 is 4.74 Å². The third-order valence-electron chi connectivity index (χ3n) is 2.90. The fourth-order valence-electron chi connectivity index (χ4n) is 1.85. The molecule has 2 nitrogen and oxygen atoms in total. The van der Waals surface area contributed by atoms with Gasteiger partial charge in [-0.05, 0) is 42.0 Å². The van der Waals surface area contributed by atoms with Crippen LogP contribution in [0.1, 0.15) is 17.9 Å². The first kappa shape index (κ1) is 14.7.